The minimum absolute atomic E-state index is 0.293. The summed E-state index contributed by atoms with van der Waals surface area (Å²) in [5, 5.41) is 12.7. The Morgan fingerprint density at radius 2 is 2.05 bits per heavy atom. The summed E-state index contributed by atoms with van der Waals surface area (Å²) in [6.07, 6.45) is -0.582. The van der Waals surface area contributed by atoms with Crippen LogP contribution in [0.3, 0.4) is 0 Å². The molecule has 0 aromatic heterocycles. The quantitative estimate of drug-likeness (QED) is 0.858. The van der Waals surface area contributed by atoms with Crippen LogP contribution in [0, 0.1) is 0 Å². The second-order valence-electron chi connectivity index (χ2n) is 4.38. The van der Waals surface area contributed by atoms with Gasteiger partial charge in [0.2, 0.25) is 0 Å². The monoisotopic (exact) mass is 353 g/mol. The van der Waals surface area contributed by atoms with Crippen LogP contribution >= 0.6 is 27.5 Å². The lowest BCUT2D eigenvalue weighted by Crippen LogP contribution is -2.12. The molecule has 0 bridgehead atoms. The molecule has 0 fully saturated rings. The largest absolute Gasteiger partial charge is 0.389 e. The molecule has 0 saturated heterocycles. The van der Waals surface area contributed by atoms with Crippen molar-refractivity contribution in [3.8, 4) is 0 Å². The van der Waals surface area contributed by atoms with Gasteiger partial charge >= 0.3 is 0 Å². The minimum Gasteiger partial charge on any atom is -0.389 e. The van der Waals surface area contributed by atoms with E-state index in [0.29, 0.717) is 16.3 Å². The molecule has 0 aliphatic heterocycles. The molecule has 1 atom stereocenters. The van der Waals surface area contributed by atoms with Gasteiger partial charge in [-0.05, 0) is 42.8 Å². The van der Waals surface area contributed by atoms with Crippen molar-refractivity contribution in [2.75, 3.05) is 5.32 Å². The topological polar surface area (TPSA) is 49.3 Å². The van der Waals surface area contributed by atoms with Crippen molar-refractivity contribution in [1.82, 2.24) is 0 Å². The van der Waals surface area contributed by atoms with Crippen molar-refractivity contribution >= 4 is 39.1 Å². The molecule has 2 N–H and O–H groups in total. The van der Waals surface area contributed by atoms with E-state index in [-0.39, 0.29) is 5.91 Å². The van der Waals surface area contributed by atoms with Gasteiger partial charge in [-0.3, -0.25) is 4.79 Å². The summed E-state index contributed by atoms with van der Waals surface area (Å²) in [5.41, 5.74) is 1.75. The fourth-order valence-electron chi connectivity index (χ4n) is 1.75. The lowest BCUT2D eigenvalue weighted by molar-refractivity contribution is 0.102. The Morgan fingerprint density at radius 1 is 1.30 bits per heavy atom. The zero-order valence-corrected chi connectivity index (χ0v) is 13.1. The molecule has 0 heterocycles. The maximum atomic E-state index is 12.2. The number of aliphatic hydroxyl groups excluding tert-OH is 1. The first-order chi connectivity index (χ1) is 9.47. The van der Waals surface area contributed by atoms with E-state index in [9.17, 15) is 9.90 Å². The standard InChI is InChI=1S/C15H13BrClNO2/c1-9(19)10-3-2-4-12(7-10)18-15(20)13-8-11(16)5-6-14(13)17/h2-9,19H,1H3,(H,18,20)/t9-/m0/s1. The SMILES string of the molecule is C[C@H](O)c1cccc(NC(=O)c2cc(Br)ccc2Cl)c1. The van der Waals surface area contributed by atoms with Gasteiger partial charge in [0.25, 0.3) is 5.91 Å². The summed E-state index contributed by atoms with van der Waals surface area (Å²) in [6.45, 7) is 1.67. The molecule has 0 aliphatic rings. The van der Waals surface area contributed by atoms with Gasteiger partial charge in [0, 0.05) is 10.2 Å². The van der Waals surface area contributed by atoms with E-state index in [1.54, 1.807) is 49.4 Å². The van der Waals surface area contributed by atoms with Crippen LogP contribution in [0.2, 0.25) is 5.02 Å². The number of carbonyl (C=O) groups is 1. The van der Waals surface area contributed by atoms with Gasteiger partial charge in [0.05, 0.1) is 16.7 Å². The van der Waals surface area contributed by atoms with Crippen molar-refractivity contribution in [3.63, 3.8) is 0 Å². The van der Waals surface area contributed by atoms with Gasteiger partial charge in [-0.25, -0.2) is 0 Å². The third-order valence-electron chi connectivity index (χ3n) is 2.80. The molecule has 0 aliphatic carbocycles. The Balaban J connectivity index is 2.23. The maximum absolute atomic E-state index is 12.2. The molecule has 0 spiro atoms. The molecular weight excluding hydrogens is 342 g/mol. The number of halogens is 2. The van der Waals surface area contributed by atoms with Crippen LogP contribution < -0.4 is 5.32 Å². The molecule has 0 radical (unpaired) electrons. The third kappa shape index (κ3) is 3.60. The molecule has 5 heteroatoms. The number of aliphatic hydroxyl groups is 1. The molecule has 1 amide bonds. The fourth-order valence-corrected chi connectivity index (χ4v) is 2.31. The fraction of sp³-hybridized carbons (Fsp3) is 0.133. The molecule has 2 rings (SSSR count). The van der Waals surface area contributed by atoms with Crippen LogP contribution in [0.15, 0.2) is 46.9 Å². The Kier molecular flexibility index (Phi) is 4.81. The van der Waals surface area contributed by atoms with Crippen molar-refractivity contribution in [2.45, 2.75) is 13.0 Å². The van der Waals surface area contributed by atoms with Crippen molar-refractivity contribution in [2.24, 2.45) is 0 Å². The Bertz CT molecular complexity index is 644. The molecule has 0 saturated carbocycles. The predicted octanol–water partition coefficient (Wildman–Crippen LogP) is 4.41. The molecular formula is C15H13BrClNO2. The van der Waals surface area contributed by atoms with E-state index in [4.69, 9.17) is 11.6 Å². The Morgan fingerprint density at radius 3 is 2.75 bits per heavy atom. The summed E-state index contributed by atoms with van der Waals surface area (Å²) in [6, 6.07) is 12.2. The first-order valence-corrected chi connectivity index (χ1v) is 7.19. The lowest BCUT2D eigenvalue weighted by Gasteiger charge is -2.10. The molecule has 0 unspecified atom stereocenters. The Labute approximate surface area is 130 Å². The van der Waals surface area contributed by atoms with Crippen molar-refractivity contribution < 1.29 is 9.90 Å². The number of carbonyl (C=O) groups excluding carboxylic acids is 1. The summed E-state index contributed by atoms with van der Waals surface area (Å²) in [7, 11) is 0. The maximum Gasteiger partial charge on any atom is 0.257 e. The van der Waals surface area contributed by atoms with Crippen molar-refractivity contribution in [1.29, 1.82) is 0 Å². The van der Waals surface area contributed by atoms with E-state index in [1.165, 1.54) is 0 Å². The first-order valence-electron chi connectivity index (χ1n) is 6.02. The average Bonchev–Trinajstić information content (AvgIpc) is 2.41. The van der Waals surface area contributed by atoms with Gasteiger partial charge in [0.15, 0.2) is 0 Å². The number of amides is 1. The zero-order chi connectivity index (χ0) is 14.7. The van der Waals surface area contributed by atoms with Gasteiger partial charge < -0.3 is 10.4 Å². The van der Waals surface area contributed by atoms with E-state index in [2.05, 4.69) is 21.2 Å². The minimum atomic E-state index is -0.582. The second kappa shape index (κ2) is 6.39. The van der Waals surface area contributed by atoms with Gasteiger partial charge in [0.1, 0.15) is 0 Å². The van der Waals surface area contributed by atoms with Crippen molar-refractivity contribution in [3.05, 3.63) is 63.1 Å². The second-order valence-corrected chi connectivity index (χ2v) is 5.70. The summed E-state index contributed by atoms with van der Waals surface area (Å²) in [5.74, 6) is -0.293. The van der Waals surface area contributed by atoms with Crippen LogP contribution in [0.5, 0.6) is 0 Å². The summed E-state index contributed by atoms with van der Waals surface area (Å²) >= 11 is 9.33. The highest BCUT2D eigenvalue weighted by Crippen LogP contribution is 2.23. The summed E-state index contributed by atoms with van der Waals surface area (Å²) in [4.78, 5) is 12.2. The van der Waals surface area contributed by atoms with E-state index in [0.717, 1.165) is 10.0 Å². The molecule has 3 nitrogen and oxygen atoms in total. The average molecular weight is 355 g/mol. The van der Waals surface area contributed by atoms with Gasteiger partial charge in [-0.1, -0.05) is 39.7 Å². The van der Waals surface area contributed by atoms with Crippen LogP contribution in [0.4, 0.5) is 5.69 Å². The van der Waals surface area contributed by atoms with Gasteiger partial charge in [-0.15, -0.1) is 0 Å². The van der Waals surface area contributed by atoms with Gasteiger partial charge in [-0.2, -0.15) is 0 Å². The van der Waals surface area contributed by atoms with Crippen LogP contribution in [0.1, 0.15) is 28.9 Å². The highest BCUT2D eigenvalue weighted by Gasteiger charge is 2.11. The number of hydrogen-bond acceptors (Lipinski definition) is 2. The highest BCUT2D eigenvalue weighted by molar-refractivity contribution is 9.10. The Hall–Kier alpha value is -1.36. The number of anilines is 1. The zero-order valence-electron chi connectivity index (χ0n) is 10.7. The summed E-state index contributed by atoms with van der Waals surface area (Å²) < 4.78 is 0.782. The lowest BCUT2D eigenvalue weighted by atomic mass is 10.1. The van der Waals surface area contributed by atoms with Crippen LogP contribution in [-0.2, 0) is 0 Å². The molecule has 104 valence electrons. The van der Waals surface area contributed by atoms with Crippen LogP contribution in [0.25, 0.3) is 0 Å². The molecule has 2 aromatic rings. The number of hydrogen-bond donors (Lipinski definition) is 2. The molecule has 2 aromatic carbocycles. The first kappa shape index (κ1) is 15.0. The van der Waals surface area contributed by atoms with E-state index >= 15 is 0 Å². The number of benzene rings is 2. The number of rotatable bonds is 3. The normalized spacial score (nSPS) is 12.0. The third-order valence-corrected chi connectivity index (χ3v) is 3.62. The van der Waals surface area contributed by atoms with E-state index < -0.39 is 6.10 Å². The highest BCUT2D eigenvalue weighted by atomic mass is 79.9. The molecule has 20 heavy (non-hydrogen) atoms. The number of nitrogens with one attached hydrogen (secondary N) is 1. The van der Waals surface area contributed by atoms with Crippen LogP contribution in [-0.4, -0.2) is 11.0 Å². The predicted molar refractivity (Wildman–Crippen MR) is 84.2 cm³/mol. The van der Waals surface area contributed by atoms with E-state index in [1.807, 2.05) is 0 Å². The smallest absolute Gasteiger partial charge is 0.257 e.